The molecule has 0 bridgehead atoms. The van der Waals surface area contributed by atoms with E-state index in [9.17, 15) is 0 Å². The first-order valence-electron chi connectivity index (χ1n) is 5.40. The van der Waals surface area contributed by atoms with Gasteiger partial charge in [-0.2, -0.15) is 0 Å². The number of aromatic nitrogens is 1. The van der Waals surface area contributed by atoms with Crippen molar-refractivity contribution in [2.24, 2.45) is 0 Å². The van der Waals surface area contributed by atoms with E-state index in [0.717, 1.165) is 5.52 Å². The summed E-state index contributed by atoms with van der Waals surface area (Å²) in [4.78, 5) is 4.18. The Balaban J connectivity index is 0.000000181. The monoisotopic (exact) mass is 240 g/mol. The van der Waals surface area contributed by atoms with Gasteiger partial charge in [0.15, 0.2) is 0 Å². The molecule has 0 saturated heterocycles. The van der Waals surface area contributed by atoms with Crippen LogP contribution >= 0.6 is 0 Å². The van der Waals surface area contributed by atoms with Gasteiger partial charge in [0, 0.05) is 11.6 Å². The van der Waals surface area contributed by atoms with Crippen LogP contribution in [0, 0.1) is 0 Å². The van der Waals surface area contributed by atoms with Gasteiger partial charge in [0.2, 0.25) is 0 Å². The van der Waals surface area contributed by atoms with E-state index in [4.69, 9.17) is 5.11 Å². The minimum atomic E-state index is 0. The molecule has 3 nitrogen and oxygen atoms in total. The third-order valence-corrected chi connectivity index (χ3v) is 2.27. The molecule has 2 aromatic carbocycles. The lowest BCUT2D eigenvalue weighted by atomic mass is 10.2. The molecule has 1 aromatic heterocycles. The number of phenolic OH excluding ortho intramolecular Hbond substituents is 1. The van der Waals surface area contributed by atoms with Crippen molar-refractivity contribution in [3.05, 3.63) is 72.9 Å². The molecule has 1 heterocycles. The number of hydrogen-bond donors (Lipinski definition) is 2. The van der Waals surface area contributed by atoms with Gasteiger partial charge in [0.05, 0.1) is 5.52 Å². The van der Waals surface area contributed by atoms with E-state index in [-0.39, 0.29) is 6.15 Å². The molecule has 18 heavy (non-hydrogen) atoms. The van der Waals surface area contributed by atoms with Gasteiger partial charge < -0.3 is 11.3 Å². The second-order valence-corrected chi connectivity index (χ2v) is 3.53. The Labute approximate surface area is 106 Å². The standard InChI is InChI=1S/C9H7N.C6H6O.H3N/c1-2-6-9-8(4-1)5-3-7-10-9;7-6-4-2-1-3-5-6;/h1-7H;1-5,7H;1H3. The van der Waals surface area contributed by atoms with Gasteiger partial charge >= 0.3 is 0 Å². The molecule has 0 aliphatic carbocycles. The van der Waals surface area contributed by atoms with Gasteiger partial charge in [0.25, 0.3) is 0 Å². The van der Waals surface area contributed by atoms with Crippen LogP contribution in [0.3, 0.4) is 0 Å². The summed E-state index contributed by atoms with van der Waals surface area (Å²) in [5.74, 6) is 0.322. The van der Waals surface area contributed by atoms with Gasteiger partial charge in [-0.3, -0.25) is 4.98 Å². The Morgan fingerprint density at radius 3 is 1.94 bits per heavy atom. The van der Waals surface area contributed by atoms with E-state index >= 15 is 0 Å². The first kappa shape index (κ1) is 13.7. The van der Waals surface area contributed by atoms with Crippen LogP contribution in [0.25, 0.3) is 10.9 Å². The van der Waals surface area contributed by atoms with Gasteiger partial charge in [-0.15, -0.1) is 0 Å². The number of para-hydroxylation sites is 2. The summed E-state index contributed by atoms with van der Waals surface area (Å²) in [5, 5.41) is 9.83. The third-order valence-electron chi connectivity index (χ3n) is 2.27. The van der Waals surface area contributed by atoms with E-state index in [1.54, 1.807) is 24.3 Å². The molecule has 0 aliphatic rings. The zero-order valence-electron chi connectivity index (χ0n) is 10.0. The van der Waals surface area contributed by atoms with E-state index in [1.165, 1.54) is 5.39 Å². The highest BCUT2D eigenvalue weighted by Gasteiger charge is 1.86. The molecule has 0 atom stereocenters. The SMILES string of the molecule is N.Oc1ccccc1.c1ccc2ncccc2c1. The number of benzene rings is 2. The van der Waals surface area contributed by atoms with Crippen LogP contribution in [-0.2, 0) is 0 Å². The maximum Gasteiger partial charge on any atom is 0.115 e. The Morgan fingerprint density at radius 2 is 1.33 bits per heavy atom. The van der Waals surface area contributed by atoms with Gasteiger partial charge in [-0.05, 0) is 24.3 Å². The molecule has 0 aliphatic heterocycles. The molecule has 0 saturated carbocycles. The highest BCUT2D eigenvalue weighted by Crippen LogP contribution is 2.07. The number of fused-ring (bicyclic) bond motifs is 1. The van der Waals surface area contributed by atoms with E-state index < -0.39 is 0 Å². The fraction of sp³-hybridized carbons (Fsp3) is 0. The highest BCUT2D eigenvalue weighted by atomic mass is 16.3. The lowest BCUT2D eigenvalue weighted by molar-refractivity contribution is 0.475. The molecule has 0 fully saturated rings. The van der Waals surface area contributed by atoms with Crippen molar-refractivity contribution in [2.75, 3.05) is 0 Å². The second kappa shape index (κ2) is 7.04. The van der Waals surface area contributed by atoms with Crippen LogP contribution in [0.4, 0.5) is 0 Å². The minimum Gasteiger partial charge on any atom is -0.508 e. The number of rotatable bonds is 0. The van der Waals surface area contributed by atoms with Gasteiger partial charge in [0.1, 0.15) is 5.75 Å². The fourth-order valence-corrected chi connectivity index (χ4v) is 1.44. The number of nitrogens with zero attached hydrogens (tertiary/aromatic N) is 1. The number of hydrogen-bond acceptors (Lipinski definition) is 3. The van der Waals surface area contributed by atoms with Crippen molar-refractivity contribution in [2.45, 2.75) is 0 Å². The summed E-state index contributed by atoms with van der Waals surface area (Å²) in [6.45, 7) is 0. The Morgan fingerprint density at radius 1 is 0.722 bits per heavy atom. The smallest absolute Gasteiger partial charge is 0.115 e. The van der Waals surface area contributed by atoms with E-state index in [2.05, 4.69) is 17.1 Å². The maximum atomic E-state index is 8.63. The third kappa shape index (κ3) is 3.88. The molecule has 3 heteroatoms. The van der Waals surface area contributed by atoms with Crippen molar-refractivity contribution in [1.29, 1.82) is 0 Å². The summed E-state index contributed by atoms with van der Waals surface area (Å²) >= 11 is 0. The molecular weight excluding hydrogens is 224 g/mol. The molecule has 0 spiro atoms. The summed E-state index contributed by atoms with van der Waals surface area (Å²) in [5.41, 5.74) is 1.06. The number of phenols is 1. The van der Waals surface area contributed by atoms with Crippen molar-refractivity contribution >= 4 is 10.9 Å². The molecule has 3 rings (SSSR count). The largest absolute Gasteiger partial charge is 0.508 e. The van der Waals surface area contributed by atoms with Crippen LogP contribution in [0.2, 0.25) is 0 Å². The van der Waals surface area contributed by atoms with E-state index in [0.29, 0.717) is 5.75 Å². The zero-order valence-corrected chi connectivity index (χ0v) is 10.0. The molecule has 4 N–H and O–H groups in total. The predicted molar refractivity (Wildman–Crippen MR) is 74.9 cm³/mol. The lowest BCUT2D eigenvalue weighted by Gasteiger charge is -1.91. The summed E-state index contributed by atoms with van der Waals surface area (Å²) in [7, 11) is 0. The highest BCUT2D eigenvalue weighted by molar-refractivity contribution is 5.77. The van der Waals surface area contributed by atoms with Crippen molar-refractivity contribution in [1.82, 2.24) is 11.1 Å². The Bertz CT molecular complexity index is 517. The summed E-state index contributed by atoms with van der Waals surface area (Å²) in [6.07, 6.45) is 1.81. The maximum absolute atomic E-state index is 8.63. The molecule has 0 amide bonds. The second-order valence-electron chi connectivity index (χ2n) is 3.53. The topological polar surface area (TPSA) is 68.1 Å². The molecule has 92 valence electrons. The Kier molecular flexibility index (Phi) is 5.35. The first-order chi connectivity index (χ1) is 8.36. The van der Waals surface area contributed by atoms with Crippen molar-refractivity contribution < 1.29 is 5.11 Å². The molecule has 0 radical (unpaired) electrons. The lowest BCUT2D eigenvalue weighted by Crippen LogP contribution is -1.73. The minimum absolute atomic E-state index is 0. The van der Waals surface area contributed by atoms with Crippen LogP contribution in [0.15, 0.2) is 72.9 Å². The summed E-state index contributed by atoms with van der Waals surface area (Å²) < 4.78 is 0. The molecule has 0 unspecified atom stereocenters. The van der Waals surface area contributed by atoms with Gasteiger partial charge in [-0.1, -0.05) is 42.5 Å². The molecular formula is C15H16N2O. The number of pyridine rings is 1. The van der Waals surface area contributed by atoms with E-state index in [1.807, 2.05) is 36.5 Å². The quantitative estimate of drug-likeness (QED) is 0.628. The van der Waals surface area contributed by atoms with Crippen LogP contribution in [0.1, 0.15) is 0 Å². The van der Waals surface area contributed by atoms with Crippen molar-refractivity contribution in [3.8, 4) is 5.75 Å². The Hall–Kier alpha value is -2.39. The normalized spacial score (nSPS) is 8.89. The van der Waals surface area contributed by atoms with Crippen LogP contribution in [0.5, 0.6) is 5.75 Å². The average molecular weight is 240 g/mol. The first-order valence-corrected chi connectivity index (χ1v) is 5.40. The van der Waals surface area contributed by atoms with Crippen LogP contribution in [-0.4, -0.2) is 10.1 Å². The average Bonchev–Trinajstić information content (AvgIpc) is 2.41. The molecule has 3 aromatic rings. The fourth-order valence-electron chi connectivity index (χ4n) is 1.44. The van der Waals surface area contributed by atoms with Gasteiger partial charge in [-0.25, -0.2) is 0 Å². The van der Waals surface area contributed by atoms with Crippen molar-refractivity contribution in [3.63, 3.8) is 0 Å². The summed E-state index contributed by atoms with van der Waals surface area (Å²) in [6, 6.07) is 20.8. The zero-order chi connectivity index (χ0) is 11.9. The predicted octanol–water partition coefficient (Wildman–Crippen LogP) is 3.79. The van der Waals surface area contributed by atoms with Crippen LogP contribution < -0.4 is 6.15 Å². The number of aromatic hydroxyl groups is 1.